The molecule has 1 unspecified atom stereocenters. The van der Waals surface area contributed by atoms with Gasteiger partial charge in [-0.3, -0.25) is 0 Å². The van der Waals surface area contributed by atoms with Crippen molar-refractivity contribution in [3.8, 4) is 5.75 Å². The van der Waals surface area contributed by atoms with Gasteiger partial charge in [-0.1, -0.05) is 13.8 Å². The molecule has 0 bridgehead atoms. The molecule has 2 rings (SSSR count). The highest BCUT2D eigenvalue weighted by Gasteiger charge is 2.49. The molecule has 1 aliphatic rings. The molecule has 0 heterocycles. The first kappa shape index (κ1) is 13.4. The minimum absolute atomic E-state index is 0.0568. The molecule has 0 saturated heterocycles. The van der Waals surface area contributed by atoms with E-state index in [1.165, 1.54) is 0 Å². The van der Waals surface area contributed by atoms with Gasteiger partial charge in [0.2, 0.25) is 0 Å². The summed E-state index contributed by atoms with van der Waals surface area (Å²) in [6.07, 6.45) is 3.02. The highest BCUT2D eigenvalue weighted by Crippen LogP contribution is 2.53. The molecule has 0 spiro atoms. The minimum Gasteiger partial charge on any atom is -0.496 e. The van der Waals surface area contributed by atoms with E-state index in [0.29, 0.717) is 0 Å². The van der Waals surface area contributed by atoms with E-state index in [1.807, 2.05) is 13.0 Å². The molecule has 2 nitrogen and oxygen atoms in total. The Kier molecular flexibility index (Phi) is 3.18. The Morgan fingerprint density at radius 1 is 1.11 bits per heavy atom. The number of rotatable bonds is 2. The fraction of sp³-hybridized carbons (Fsp3) is 0.625. The van der Waals surface area contributed by atoms with Crippen molar-refractivity contribution < 1.29 is 9.84 Å². The van der Waals surface area contributed by atoms with Crippen LogP contribution in [0.3, 0.4) is 0 Å². The molecule has 0 aromatic heterocycles. The van der Waals surface area contributed by atoms with E-state index in [-0.39, 0.29) is 5.41 Å². The van der Waals surface area contributed by atoms with Crippen molar-refractivity contribution in [2.45, 2.75) is 52.6 Å². The Hall–Kier alpha value is -1.02. The number of benzene rings is 1. The fourth-order valence-electron chi connectivity index (χ4n) is 3.29. The standard InChI is InChI=1S/C16H24O2/c1-11-10-14(18-5)12(2)9-13(11)16(17)8-6-7-15(16,3)4/h9-10,17H,6-8H2,1-5H3. The van der Waals surface area contributed by atoms with Gasteiger partial charge >= 0.3 is 0 Å². The average molecular weight is 248 g/mol. The first-order chi connectivity index (χ1) is 8.32. The third-order valence-electron chi connectivity index (χ3n) is 4.65. The molecule has 2 heteroatoms. The number of methoxy groups -OCH3 is 1. The predicted molar refractivity (Wildman–Crippen MR) is 74.0 cm³/mol. The molecule has 1 atom stereocenters. The van der Waals surface area contributed by atoms with Gasteiger partial charge in [0.25, 0.3) is 0 Å². The molecule has 1 aromatic rings. The maximum atomic E-state index is 11.1. The lowest BCUT2D eigenvalue weighted by atomic mass is 9.72. The zero-order valence-electron chi connectivity index (χ0n) is 12.1. The van der Waals surface area contributed by atoms with Crippen molar-refractivity contribution in [2.75, 3.05) is 7.11 Å². The van der Waals surface area contributed by atoms with Crippen LogP contribution in [0.2, 0.25) is 0 Å². The molecule has 1 saturated carbocycles. The molecule has 0 radical (unpaired) electrons. The van der Waals surface area contributed by atoms with Crippen LogP contribution in [-0.2, 0) is 5.60 Å². The first-order valence-electron chi connectivity index (χ1n) is 6.70. The van der Waals surface area contributed by atoms with Crippen LogP contribution in [0, 0.1) is 19.3 Å². The molecular weight excluding hydrogens is 224 g/mol. The highest BCUT2D eigenvalue weighted by molar-refractivity contribution is 5.45. The number of aryl methyl sites for hydroxylation is 2. The normalized spacial score (nSPS) is 26.3. The number of hydrogen-bond donors (Lipinski definition) is 1. The zero-order chi connectivity index (χ0) is 13.6. The second-order valence-electron chi connectivity index (χ2n) is 6.23. The third-order valence-corrected chi connectivity index (χ3v) is 4.65. The van der Waals surface area contributed by atoms with Crippen LogP contribution in [0.25, 0.3) is 0 Å². The van der Waals surface area contributed by atoms with Gasteiger partial charge in [0.05, 0.1) is 12.7 Å². The lowest BCUT2D eigenvalue weighted by Crippen LogP contribution is -2.37. The summed E-state index contributed by atoms with van der Waals surface area (Å²) >= 11 is 0. The van der Waals surface area contributed by atoms with Crippen molar-refractivity contribution >= 4 is 0 Å². The van der Waals surface area contributed by atoms with Gasteiger partial charge in [-0.2, -0.15) is 0 Å². The van der Waals surface area contributed by atoms with Crippen molar-refractivity contribution in [1.82, 2.24) is 0 Å². The lowest BCUT2D eigenvalue weighted by molar-refractivity contribution is -0.0490. The molecular formula is C16H24O2. The topological polar surface area (TPSA) is 29.5 Å². The highest BCUT2D eigenvalue weighted by atomic mass is 16.5. The predicted octanol–water partition coefficient (Wildman–Crippen LogP) is 3.71. The van der Waals surface area contributed by atoms with E-state index >= 15 is 0 Å². The van der Waals surface area contributed by atoms with E-state index in [1.54, 1.807) is 7.11 Å². The summed E-state index contributed by atoms with van der Waals surface area (Å²) in [5, 5.41) is 11.1. The number of ether oxygens (including phenoxy) is 1. The van der Waals surface area contributed by atoms with E-state index in [2.05, 4.69) is 26.8 Å². The van der Waals surface area contributed by atoms with E-state index in [9.17, 15) is 5.11 Å². The van der Waals surface area contributed by atoms with E-state index in [4.69, 9.17) is 4.74 Å². The number of aliphatic hydroxyl groups is 1. The SMILES string of the molecule is COc1cc(C)c(C2(O)CCCC2(C)C)cc1C. The molecule has 18 heavy (non-hydrogen) atoms. The van der Waals surface area contributed by atoms with Crippen LogP contribution < -0.4 is 4.74 Å². The third kappa shape index (κ3) is 1.83. The van der Waals surface area contributed by atoms with Crippen molar-refractivity contribution in [3.05, 3.63) is 28.8 Å². The van der Waals surface area contributed by atoms with Gasteiger partial charge in [0, 0.05) is 0 Å². The lowest BCUT2D eigenvalue weighted by Gasteiger charge is -2.38. The van der Waals surface area contributed by atoms with Gasteiger partial charge in [-0.05, 0) is 67.3 Å². The van der Waals surface area contributed by atoms with Crippen LogP contribution in [0.4, 0.5) is 0 Å². The number of hydrogen-bond acceptors (Lipinski definition) is 2. The summed E-state index contributed by atoms with van der Waals surface area (Å²) < 4.78 is 5.35. The second kappa shape index (κ2) is 4.27. The molecule has 0 aliphatic heterocycles. The second-order valence-corrected chi connectivity index (χ2v) is 6.23. The molecule has 1 aliphatic carbocycles. The Balaban J connectivity index is 2.55. The van der Waals surface area contributed by atoms with Gasteiger partial charge < -0.3 is 9.84 Å². The smallest absolute Gasteiger partial charge is 0.122 e. The zero-order valence-corrected chi connectivity index (χ0v) is 12.1. The maximum absolute atomic E-state index is 11.1. The Morgan fingerprint density at radius 3 is 2.28 bits per heavy atom. The van der Waals surface area contributed by atoms with Crippen LogP contribution in [0.5, 0.6) is 5.75 Å². The molecule has 0 amide bonds. The van der Waals surface area contributed by atoms with Crippen LogP contribution in [0.15, 0.2) is 12.1 Å². The Morgan fingerprint density at radius 2 is 1.78 bits per heavy atom. The van der Waals surface area contributed by atoms with Crippen molar-refractivity contribution in [3.63, 3.8) is 0 Å². The average Bonchev–Trinajstić information content (AvgIpc) is 2.57. The summed E-state index contributed by atoms with van der Waals surface area (Å²) in [5.74, 6) is 0.899. The molecule has 1 fully saturated rings. The van der Waals surface area contributed by atoms with Gasteiger partial charge in [0.15, 0.2) is 0 Å². The summed E-state index contributed by atoms with van der Waals surface area (Å²) in [6, 6.07) is 4.14. The van der Waals surface area contributed by atoms with Crippen molar-refractivity contribution in [1.29, 1.82) is 0 Å². The summed E-state index contributed by atoms with van der Waals surface area (Å²) in [7, 11) is 1.69. The van der Waals surface area contributed by atoms with Crippen LogP contribution in [0.1, 0.15) is 49.8 Å². The van der Waals surface area contributed by atoms with Crippen LogP contribution >= 0.6 is 0 Å². The molecule has 100 valence electrons. The van der Waals surface area contributed by atoms with Crippen LogP contribution in [-0.4, -0.2) is 12.2 Å². The molecule has 1 N–H and O–H groups in total. The van der Waals surface area contributed by atoms with E-state index in [0.717, 1.165) is 41.7 Å². The van der Waals surface area contributed by atoms with E-state index < -0.39 is 5.60 Å². The van der Waals surface area contributed by atoms with Gasteiger partial charge in [-0.15, -0.1) is 0 Å². The summed E-state index contributed by atoms with van der Waals surface area (Å²) in [4.78, 5) is 0. The minimum atomic E-state index is -0.700. The molecule has 1 aromatic carbocycles. The first-order valence-corrected chi connectivity index (χ1v) is 6.70. The fourth-order valence-corrected chi connectivity index (χ4v) is 3.29. The Labute approximate surface area is 110 Å². The maximum Gasteiger partial charge on any atom is 0.122 e. The summed E-state index contributed by atoms with van der Waals surface area (Å²) in [5.41, 5.74) is 2.53. The largest absolute Gasteiger partial charge is 0.496 e. The quantitative estimate of drug-likeness (QED) is 0.864. The Bertz CT molecular complexity index is 462. The van der Waals surface area contributed by atoms with Gasteiger partial charge in [0.1, 0.15) is 5.75 Å². The monoisotopic (exact) mass is 248 g/mol. The van der Waals surface area contributed by atoms with Crippen molar-refractivity contribution in [2.24, 2.45) is 5.41 Å². The van der Waals surface area contributed by atoms with Gasteiger partial charge in [-0.25, -0.2) is 0 Å². The summed E-state index contributed by atoms with van der Waals surface area (Å²) in [6.45, 7) is 8.43.